The molecule has 0 radical (unpaired) electrons. The molecule has 0 aromatic rings. The Labute approximate surface area is 108 Å². The summed E-state index contributed by atoms with van der Waals surface area (Å²) in [5.41, 5.74) is 0. The predicted octanol–water partition coefficient (Wildman–Crippen LogP) is 0.511. The van der Waals surface area contributed by atoms with E-state index in [-0.39, 0.29) is 6.03 Å². The smallest absolute Gasteiger partial charge is 0.320 e. The monoisotopic (exact) mass is 253 g/mol. The van der Waals surface area contributed by atoms with Gasteiger partial charge in [0, 0.05) is 32.7 Å². The van der Waals surface area contributed by atoms with Crippen LogP contribution in [0.4, 0.5) is 4.79 Å². The zero-order valence-electron chi connectivity index (χ0n) is 11.1. The van der Waals surface area contributed by atoms with E-state index in [0.29, 0.717) is 12.1 Å². The summed E-state index contributed by atoms with van der Waals surface area (Å²) in [4.78, 5) is 16.2. The summed E-state index contributed by atoms with van der Waals surface area (Å²) in [5, 5.41) is 3.42. The molecule has 1 N–H and O–H groups in total. The third kappa shape index (κ3) is 2.21. The van der Waals surface area contributed by atoms with Gasteiger partial charge in [0.05, 0.1) is 19.3 Å². The van der Waals surface area contributed by atoms with Crippen molar-refractivity contribution in [2.75, 3.05) is 39.9 Å². The highest BCUT2D eigenvalue weighted by Crippen LogP contribution is 2.35. The van der Waals surface area contributed by atoms with E-state index < -0.39 is 0 Å². The van der Waals surface area contributed by atoms with E-state index in [9.17, 15) is 4.79 Å². The van der Waals surface area contributed by atoms with Crippen LogP contribution in [-0.2, 0) is 4.74 Å². The van der Waals surface area contributed by atoms with Crippen LogP contribution in [0.1, 0.15) is 19.3 Å². The van der Waals surface area contributed by atoms with Crippen LogP contribution < -0.4 is 5.32 Å². The lowest BCUT2D eigenvalue weighted by molar-refractivity contribution is 0.0674. The third-order valence-corrected chi connectivity index (χ3v) is 4.61. The molecular formula is C13H23N3O2. The molecule has 3 rings (SSSR count). The number of carbonyl (C=O) groups is 1. The number of hydrogen-bond acceptors (Lipinski definition) is 3. The molecule has 1 saturated carbocycles. The minimum Gasteiger partial charge on any atom is -0.378 e. The summed E-state index contributed by atoms with van der Waals surface area (Å²) in [5.74, 6) is 0.736. The number of likely N-dealkylation sites (N-methyl/N-ethyl adjacent to an activating group) is 1. The highest BCUT2D eigenvalue weighted by atomic mass is 16.5. The van der Waals surface area contributed by atoms with Crippen LogP contribution >= 0.6 is 0 Å². The summed E-state index contributed by atoms with van der Waals surface area (Å²) in [6.45, 7) is 4.09. The fraction of sp³-hybridized carbons (Fsp3) is 0.923. The number of carbonyl (C=O) groups excluding carboxylic acids is 1. The fourth-order valence-corrected chi connectivity index (χ4v) is 3.24. The largest absolute Gasteiger partial charge is 0.378 e. The van der Waals surface area contributed by atoms with Crippen molar-refractivity contribution < 1.29 is 9.53 Å². The van der Waals surface area contributed by atoms with Gasteiger partial charge in [-0.2, -0.15) is 0 Å². The number of rotatable bonds is 3. The molecule has 3 fully saturated rings. The van der Waals surface area contributed by atoms with Gasteiger partial charge >= 0.3 is 6.03 Å². The van der Waals surface area contributed by atoms with Crippen LogP contribution in [0, 0.1) is 5.92 Å². The molecule has 18 heavy (non-hydrogen) atoms. The number of morpholine rings is 1. The molecule has 2 atom stereocenters. The molecule has 2 aliphatic heterocycles. The molecule has 5 heteroatoms. The van der Waals surface area contributed by atoms with E-state index in [1.807, 2.05) is 16.8 Å². The maximum absolute atomic E-state index is 12.2. The molecular weight excluding hydrogens is 230 g/mol. The minimum absolute atomic E-state index is 0.194. The molecule has 0 aromatic carbocycles. The van der Waals surface area contributed by atoms with Crippen molar-refractivity contribution in [3.8, 4) is 0 Å². The Morgan fingerprint density at radius 3 is 2.89 bits per heavy atom. The van der Waals surface area contributed by atoms with E-state index in [1.54, 1.807) is 0 Å². The van der Waals surface area contributed by atoms with Gasteiger partial charge in [-0.15, -0.1) is 0 Å². The van der Waals surface area contributed by atoms with Crippen LogP contribution in [0.2, 0.25) is 0 Å². The average molecular weight is 253 g/mol. The summed E-state index contributed by atoms with van der Waals surface area (Å²) in [6, 6.07) is 0.936. The van der Waals surface area contributed by atoms with Crippen molar-refractivity contribution in [1.29, 1.82) is 0 Å². The highest BCUT2D eigenvalue weighted by Gasteiger charge is 2.41. The normalized spacial score (nSPS) is 33.9. The zero-order valence-corrected chi connectivity index (χ0v) is 11.1. The predicted molar refractivity (Wildman–Crippen MR) is 68.5 cm³/mol. The van der Waals surface area contributed by atoms with Crippen LogP contribution in [0.5, 0.6) is 0 Å². The lowest BCUT2D eigenvalue weighted by atomic mass is 9.79. The van der Waals surface area contributed by atoms with Gasteiger partial charge in [0.1, 0.15) is 0 Å². The average Bonchev–Trinajstić information content (AvgIpc) is 2.58. The van der Waals surface area contributed by atoms with Crippen molar-refractivity contribution >= 4 is 6.03 Å². The van der Waals surface area contributed by atoms with E-state index >= 15 is 0 Å². The Hall–Kier alpha value is -0.810. The number of amides is 2. The van der Waals surface area contributed by atoms with Gasteiger partial charge in [0.15, 0.2) is 0 Å². The van der Waals surface area contributed by atoms with Gasteiger partial charge in [-0.25, -0.2) is 4.79 Å². The first kappa shape index (κ1) is 12.2. The maximum atomic E-state index is 12.2. The summed E-state index contributed by atoms with van der Waals surface area (Å²) in [7, 11) is 1.95. The Morgan fingerprint density at radius 2 is 2.28 bits per heavy atom. The fourth-order valence-electron chi connectivity index (χ4n) is 3.24. The quantitative estimate of drug-likeness (QED) is 0.797. The molecule has 2 amide bonds. The molecule has 3 aliphatic rings. The Kier molecular flexibility index (Phi) is 3.43. The Morgan fingerprint density at radius 1 is 1.44 bits per heavy atom. The van der Waals surface area contributed by atoms with Gasteiger partial charge in [0.2, 0.25) is 0 Å². The lowest BCUT2D eigenvalue weighted by Crippen LogP contribution is -2.49. The van der Waals surface area contributed by atoms with Crippen LogP contribution in [-0.4, -0.2) is 67.8 Å². The second-order valence-electron chi connectivity index (χ2n) is 5.78. The second kappa shape index (κ2) is 5.05. The van der Waals surface area contributed by atoms with Crippen molar-refractivity contribution in [1.82, 2.24) is 15.1 Å². The van der Waals surface area contributed by atoms with Gasteiger partial charge in [-0.3, -0.25) is 0 Å². The van der Waals surface area contributed by atoms with Crippen molar-refractivity contribution in [2.45, 2.75) is 31.3 Å². The molecule has 1 aliphatic carbocycles. The number of nitrogens with one attached hydrogen (secondary N) is 1. The molecule has 0 bridgehead atoms. The topological polar surface area (TPSA) is 44.8 Å². The molecule has 0 spiro atoms. The number of nitrogens with zero attached hydrogens (tertiary/aromatic N) is 2. The Balaban J connectivity index is 1.57. The van der Waals surface area contributed by atoms with Crippen LogP contribution in [0.3, 0.4) is 0 Å². The highest BCUT2D eigenvalue weighted by molar-refractivity contribution is 5.77. The van der Waals surface area contributed by atoms with Gasteiger partial charge in [0.25, 0.3) is 0 Å². The minimum atomic E-state index is 0.194. The van der Waals surface area contributed by atoms with Crippen molar-refractivity contribution in [3.63, 3.8) is 0 Å². The molecule has 2 saturated heterocycles. The van der Waals surface area contributed by atoms with E-state index in [4.69, 9.17) is 4.74 Å². The first-order valence-corrected chi connectivity index (χ1v) is 7.08. The summed E-state index contributed by atoms with van der Waals surface area (Å²) in [6.07, 6.45) is 3.92. The molecule has 2 unspecified atom stereocenters. The van der Waals surface area contributed by atoms with Crippen LogP contribution in [0.15, 0.2) is 0 Å². The molecule has 0 aromatic heterocycles. The Bertz CT molecular complexity index is 311. The maximum Gasteiger partial charge on any atom is 0.320 e. The van der Waals surface area contributed by atoms with Gasteiger partial charge in [-0.1, -0.05) is 6.42 Å². The first-order chi connectivity index (χ1) is 8.75. The number of urea groups is 1. The zero-order chi connectivity index (χ0) is 12.5. The van der Waals surface area contributed by atoms with Gasteiger partial charge < -0.3 is 19.9 Å². The third-order valence-electron chi connectivity index (χ3n) is 4.61. The molecule has 5 nitrogen and oxygen atoms in total. The summed E-state index contributed by atoms with van der Waals surface area (Å²) < 4.78 is 5.45. The van der Waals surface area contributed by atoms with Gasteiger partial charge in [-0.05, 0) is 18.8 Å². The number of hydrogen-bond donors (Lipinski definition) is 1. The lowest BCUT2D eigenvalue weighted by Gasteiger charge is -2.34. The van der Waals surface area contributed by atoms with E-state index in [0.717, 1.165) is 38.8 Å². The van der Waals surface area contributed by atoms with E-state index in [1.165, 1.54) is 19.3 Å². The second-order valence-corrected chi connectivity index (χ2v) is 5.78. The van der Waals surface area contributed by atoms with Crippen molar-refractivity contribution in [2.24, 2.45) is 5.92 Å². The standard InChI is InChI=1S/C13H23N3O2/c1-15-12(10-3-2-4-10)8-16(13(15)17)7-11-9-18-6-5-14-11/h10-12,14H,2-9H2,1H3. The molecule has 102 valence electrons. The van der Waals surface area contributed by atoms with E-state index in [2.05, 4.69) is 5.32 Å². The first-order valence-electron chi connectivity index (χ1n) is 7.08. The van der Waals surface area contributed by atoms with Crippen molar-refractivity contribution in [3.05, 3.63) is 0 Å². The summed E-state index contributed by atoms with van der Waals surface area (Å²) >= 11 is 0. The SMILES string of the molecule is CN1C(=O)N(CC2COCCN2)CC1C1CCC1. The molecule has 2 heterocycles. The van der Waals surface area contributed by atoms with Crippen LogP contribution in [0.25, 0.3) is 0 Å². The number of ether oxygens (including phenoxy) is 1.